The third-order valence-corrected chi connectivity index (χ3v) is 3.52. The van der Waals surface area contributed by atoms with E-state index in [4.69, 9.17) is 9.84 Å². The average molecular weight is 280 g/mol. The molecule has 114 valence electrons. The molecule has 1 rings (SSSR count). The summed E-state index contributed by atoms with van der Waals surface area (Å²) in [5, 5.41) is 18.6. The second-order valence-electron chi connectivity index (χ2n) is 5.90. The maximum Gasteiger partial charge on any atom is 0.119 e. The summed E-state index contributed by atoms with van der Waals surface area (Å²) in [6.07, 6.45) is 0.903. The van der Waals surface area contributed by atoms with Gasteiger partial charge < -0.3 is 14.9 Å². The molecule has 0 spiro atoms. The smallest absolute Gasteiger partial charge is 0.119 e. The minimum atomic E-state index is -0.642. The van der Waals surface area contributed by atoms with Crippen molar-refractivity contribution in [1.29, 1.82) is 0 Å². The largest absolute Gasteiger partial charge is 0.493 e. The van der Waals surface area contributed by atoms with Crippen LogP contribution in [0, 0.1) is 12.8 Å². The highest BCUT2D eigenvalue weighted by Gasteiger charge is 2.16. The number of benzene rings is 1. The normalized spacial score (nSPS) is 14.3. The van der Waals surface area contributed by atoms with Gasteiger partial charge in [0.05, 0.1) is 19.3 Å². The Morgan fingerprint density at radius 1 is 1.25 bits per heavy atom. The van der Waals surface area contributed by atoms with Crippen LogP contribution in [0.4, 0.5) is 0 Å². The van der Waals surface area contributed by atoms with Gasteiger partial charge in [-0.05, 0) is 54.9 Å². The van der Waals surface area contributed by atoms with Crippen LogP contribution in [0.2, 0.25) is 0 Å². The summed E-state index contributed by atoms with van der Waals surface area (Å²) in [6, 6.07) is 6.15. The molecule has 0 heterocycles. The molecule has 0 radical (unpaired) electrons. The third-order valence-electron chi connectivity index (χ3n) is 3.52. The van der Waals surface area contributed by atoms with Crippen molar-refractivity contribution in [3.05, 3.63) is 29.3 Å². The predicted molar refractivity (Wildman–Crippen MR) is 82.3 cm³/mol. The van der Waals surface area contributed by atoms with Gasteiger partial charge in [-0.3, -0.25) is 0 Å². The van der Waals surface area contributed by atoms with Gasteiger partial charge in [0, 0.05) is 0 Å². The molecule has 0 aliphatic heterocycles. The fraction of sp³-hybridized carbons (Fsp3) is 0.647. The van der Waals surface area contributed by atoms with Crippen LogP contribution in [0.1, 0.15) is 50.7 Å². The Balaban J connectivity index is 2.79. The second-order valence-corrected chi connectivity index (χ2v) is 5.90. The second kappa shape index (κ2) is 8.28. The van der Waals surface area contributed by atoms with Crippen molar-refractivity contribution < 1.29 is 14.9 Å². The van der Waals surface area contributed by atoms with Crippen molar-refractivity contribution in [2.45, 2.75) is 52.6 Å². The summed E-state index contributed by atoms with van der Waals surface area (Å²) in [5.74, 6) is 1.69. The Morgan fingerprint density at radius 3 is 2.45 bits per heavy atom. The zero-order valence-electron chi connectivity index (χ0n) is 13.1. The van der Waals surface area contributed by atoms with Gasteiger partial charge in [-0.15, -0.1) is 0 Å². The quantitative estimate of drug-likeness (QED) is 0.768. The molecule has 3 heteroatoms. The molecular weight excluding hydrogens is 252 g/mol. The van der Waals surface area contributed by atoms with E-state index in [2.05, 4.69) is 39.8 Å². The van der Waals surface area contributed by atoms with Crippen LogP contribution in [-0.2, 0) is 0 Å². The maximum absolute atomic E-state index is 9.64. The molecular formula is C17H28O3. The highest BCUT2D eigenvalue weighted by Crippen LogP contribution is 2.30. The van der Waals surface area contributed by atoms with E-state index in [1.165, 1.54) is 11.1 Å². The van der Waals surface area contributed by atoms with Crippen molar-refractivity contribution in [2.75, 3.05) is 13.2 Å². The molecule has 0 saturated heterocycles. The molecule has 0 bridgehead atoms. The first kappa shape index (κ1) is 17.0. The van der Waals surface area contributed by atoms with Crippen molar-refractivity contribution in [3.63, 3.8) is 0 Å². The standard InChI is InChI=1S/C17H28O3/c1-5-14(9-15(19)10-18)17-7-6-16(8-13(17)4)20-11-12(2)3/h6-8,12,14-15,18-19H,5,9-11H2,1-4H3. The Morgan fingerprint density at radius 2 is 1.95 bits per heavy atom. The number of rotatable bonds is 8. The van der Waals surface area contributed by atoms with Crippen molar-refractivity contribution >= 4 is 0 Å². The van der Waals surface area contributed by atoms with Gasteiger partial charge >= 0.3 is 0 Å². The number of aliphatic hydroxyl groups is 2. The van der Waals surface area contributed by atoms with Gasteiger partial charge in [0.1, 0.15) is 5.75 Å². The summed E-state index contributed by atoms with van der Waals surface area (Å²) in [7, 11) is 0. The fourth-order valence-corrected chi connectivity index (χ4v) is 2.38. The van der Waals surface area contributed by atoms with Crippen LogP contribution >= 0.6 is 0 Å². The zero-order valence-corrected chi connectivity index (χ0v) is 13.1. The van der Waals surface area contributed by atoms with Crippen molar-refractivity contribution in [3.8, 4) is 5.75 Å². The maximum atomic E-state index is 9.64. The summed E-state index contributed by atoms with van der Waals surface area (Å²) in [5.41, 5.74) is 2.42. The van der Waals surface area contributed by atoms with E-state index < -0.39 is 6.10 Å². The van der Waals surface area contributed by atoms with Gasteiger partial charge in [-0.25, -0.2) is 0 Å². The van der Waals surface area contributed by atoms with E-state index in [1.807, 2.05) is 6.07 Å². The average Bonchev–Trinajstić information content (AvgIpc) is 2.42. The van der Waals surface area contributed by atoms with Gasteiger partial charge in [-0.2, -0.15) is 0 Å². The minimum Gasteiger partial charge on any atom is -0.493 e. The van der Waals surface area contributed by atoms with E-state index in [0.29, 0.717) is 12.3 Å². The molecule has 0 aliphatic carbocycles. The van der Waals surface area contributed by atoms with E-state index >= 15 is 0 Å². The Kier molecular flexibility index (Phi) is 7.03. The van der Waals surface area contributed by atoms with Crippen LogP contribution in [0.15, 0.2) is 18.2 Å². The Hall–Kier alpha value is -1.06. The first-order chi connectivity index (χ1) is 9.47. The Bertz CT molecular complexity index is 401. The van der Waals surface area contributed by atoms with Crippen LogP contribution < -0.4 is 4.74 Å². The topological polar surface area (TPSA) is 49.7 Å². The van der Waals surface area contributed by atoms with Gasteiger partial charge in [0.2, 0.25) is 0 Å². The monoisotopic (exact) mass is 280 g/mol. The molecule has 20 heavy (non-hydrogen) atoms. The molecule has 2 atom stereocenters. The summed E-state index contributed by atoms with van der Waals surface area (Å²) in [6.45, 7) is 8.99. The molecule has 3 nitrogen and oxygen atoms in total. The lowest BCUT2D eigenvalue weighted by Gasteiger charge is -2.21. The molecule has 0 aliphatic rings. The van der Waals surface area contributed by atoms with Gasteiger partial charge in [-0.1, -0.05) is 26.8 Å². The molecule has 2 N–H and O–H groups in total. The van der Waals surface area contributed by atoms with E-state index in [9.17, 15) is 5.11 Å². The van der Waals surface area contributed by atoms with Crippen LogP contribution in [0.25, 0.3) is 0 Å². The first-order valence-electron chi connectivity index (χ1n) is 7.50. The van der Waals surface area contributed by atoms with Gasteiger partial charge in [0.15, 0.2) is 0 Å². The third kappa shape index (κ3) is 5.14. The zero-order chi connectivity index (χ0) is 15.1. The number of hydrogen-bond donors (Lipinski definition) is 2. The number of aliphatic hydroxyl groups excluding tert-OH is 2. The SMILES string of the molecule is CCC(CC(O)CO)c1ccc(OCC(C)C)cc1C. The molecule has 1 aromatic carbocycles. The van der Waals surface area contributed by atoms with Crippen LogP contribution in [0.5, 0.6) is 5.75 Å². The van der Waals surface area contributed by atoms with Crippen molar-refractivity contribution in [1.82, 2.24) is 0 Å². The van der Waals surface area contributed by atoms with Crippen LogP contribution in [0.3, 0.4) is 0 Å². The summed E-state index contributed by atoms with van der Waals surface area (Å²) in [4.78, 5) is 0. The summed E-state index contributed by atoms with van der Waals surface area (Å²) >= 11 is 0. The Labute approximate surface area is 122 Å². The number of aryl methyl sites for hydroxylation is 1. The van der Waals surface area contributed by atoms with Crippen LogP contribution in [-0.4, -0.2) is 29.5 Å². The number of ether oxygens (including phenoxy) is 1. The minimum absolute atomic E-state index is 0.175. The molecule has 0 aromatic heterocycles. The van der Waals surface area contributed by atoms with E-state index in [-0.39, 0.29) is 12.5 Å². The highest BCUT2D eigenvalue weighted by molar-refractivity contribution is 5.37. The number of hydrogen-bond acceptors (Lipinski definition) is 3. The highest BCUT2D eigenvalue weighted by atomic mass is 16.5. The molecule has 0 amide bonds. The van der Waals surface area contributed by atoms with E-state index in [1.54, 1.807) is 0 Å². The lowest BCUT2D eigenvalue weighted by molar-refractivity contribution is 0.0817. The molecule has 1 aromatic rings. The van der Waals surface area contributed by atoms with E-state index in [0.717, 1.165) is 18.8 Å². The molecule has 0 saturated carbocycles. The molecule has 0 fully saturated rings. The predicted octanol–water partition coefficient (Wildman–Crippen LogP) is 3.27. The fourth-order valence-electron chi connectivity index (χ4n) is 2.38. The lowest BCUT2D eigenvalue weighted by atomic mass is 9.88. The summed E-state index contributed by atoms with van der Waals surface area (Å²) < 4.78 is 5.73. The first-order valence-corrected chi connectivity index (χ1v) is 7.50. The molecule has 2 unspecified atom stereocenters. The lowest BCUT2D eigenvalue weighted by Crippen LogP contribution is -2.16. The van der Waals surface area contributed by atoms with Crippen molar-refractivity contribution in [2.24, 2.45) is 5.92 Å². The van der Waals surface area contributed by atoms with Gasteiger partial charge in [0.25, 0.3) is 0 Å².